The van der Waals surface area contributed by atoms with E-state index < -0.39 is 23.5 Å². The van der Waals surface area contributed by atoms with Crippen molar-refractivity contribution in [2.75, 3.05) is 0 Å². The molecule has 2 rings (SSSR count). The Morgan fingerprint density at radius 1 is 1.17 bits per heavy atom. The summed E-state index contributed by atoms with van der Waals surface area (Å²) >= 11 is 1.50. The maximum atomic E-state index is 13.6. The van der Waals surface area contributed by atoms with E-state index in [4.69, 9.17) is 5.84 Å². The fraction of sp³-hybridized carbons (Fsp3) is 0.167. The van der Waals surface area contributed by atoms with E-state index in [1.165, 1.54) is 17.4 Å². The van der Waals surface area contributed by atoms with Crippen LogP contribution in [0.1, 0.15) is 17.2 Å². The molecule has 0 aliphatic heterocycles. The highest BCUT2D eigenvalue weighted by Crippen LogP contribution is 2.24. The molecule has 0 spiro atoms. The van der Waals surface area contributed by atoms with E-state index in [0.29, 0.717) is 6.42 Å². The first-order chi connectivity index (χ1) is 8.63. The summed E-state index contributed by atoms with van der Waals surface area (Å²) in [4.78, 5) is 0. The number of hydrogen-bond donors (Lipinski definition) is 2. The largest absolute Gasteiger partial charge is 0.271 e. The van der Waals surface area contributed by atoms with Crippen molar-refractivity contribution < 1.29 is 13.2 Å². The molecule has 18 heavy (non-hydrogen) atoms. The number of hydrazine groups is 1. The molecule has 6 heteroatoms. The minimum absolute atomic E-state index is 0.0163. The van der Waals surface area contributed by atoms with Gasteiger partial charge >= 0.3 is 0 Å². The number of rotatable bonds is 4. The molecule has 2 nitrogen and oxygen atoms in total. The number of halogens is 3. The fourth-order valence-electron chi connectivity index (χ4n) is 1.71. The molecule has 1 aromatic carbocycles. The average Bonchev–Trinajstić information content (AvgIpc) is 2.87. The Balaban J connectivity index is 2.30. The van der Waals surface area contributed by atoms with Gasteiger partial charge in [-0.15, -0.1) is 0 Å². The standard InChI is InChI=1S/C12H11F3N2S/c13-9-2-1-8(11(14)12(9)15)10(17-16)5-7-3-4-18-6-7/h1-4,6,10,17H,5,16H2. The summed E-state index contributed by atoms with van der Waals surface area (Å²) in [5.41, 5.74) is 3.39. The molecule has 1 unspecified atom stereocenters. The van der Waals surface area contributed by atoms with Gasteiger partial charge in [-0.2, -0.15) is 11.3 Å². The first-order valence-electron chi connectivity index (χ1n) is 5.24. The van der Waals surface area contributed by atoms with Gasteiger partial charge in [-0.1, -0.05) is 6.07 Å². The van der Waals surface area contributed by atoms with Crippen LogP contribution in [0.5, 0.6) is 0 Å². The number of benzene rings is 1. The normalized spacial score (nSPS) is 12.7. The minimum Gasteiger partial charge on any atom is -0.271 e. The molecule has 0 radical (unpaired) electrons. The van der Waals surface area contributed by atoms with Crippen molar-refractivity contribution >= 4 is 11.3 Å². The van der Waals surface area contributed by atoms with Gasteiger partial charge in [0.05, 0.1) is 6.04 Å². The zero-order valence-electron chi connectivity index (χ0n) is 9.29. The van der Waals surface area contributed by atoms with E-state index in [-0.39, 0.29) is 5.56 Å². The second kappa shape index (κ2) is 5.51. The van der Waals surface area contributed by atoms with Crippen molar-refractivity contribution in [2.24, 2.45) is 5.84 Å². The van der Waals surface area contributed by atoms with E-state index in [0.717, 1.165) is 11.6 Å². The number of nitrogens with one attached hydrogen (secondary N) is 1. The molecule has 96 valence electrons. The summed E-state index contributed by atoms with van der Waals surface area (Å²) in [6.45, 7) is 0. The highest BCUT2D eigenvalue weighted by molar-refractivity contribution is 7.07. The third-order valence-electron chi connectivity index (χ3n) is 2.66. The van der Waals surface area contributed by atoms with Crippen LogP contribution in [0.15, 0.2) is 29.0 Å². The van der Waals surface area contributed by atoms with Crippen molar-refractivity contribution in [1.29, 1.82) is 0 Å². The monoisotopic (exact) mass is 272 g/mol. The van der Waals surface area contributed by atoms with Gasteiger partial charge in [0.2, 0.25) is 0 Å². The number of thiophene rings is 1. The maximum absolute atomic E-state index is 13.6. The molecule has 3 N–H and O–H groups in total. The molecule has 1 aromatic heterocycles. The van der Waals surface area contributed by atoms with E-state index >= 15 is 0 Å². The van der Waals surface area contributed by atoms with Crippen LogP contribution in [0.2, 0.25) is 0 Å². The summed E-state index contributed by atoms with van der Waals surface area (Å²) in [7, 11) is 0. The lowest BCUT2D eigenvalue weighted by Crippen LogP contribution is -2.30. The lowest BCUT2D eigenvalue weighted by atomic mass is 10.0. The van der Waals surface area contributed by atoms with E-state index in [1.54, 1.807) is 0 Å². The maximum Gasteiger partial charge on any atom is 0.194 e. The SMILES string of the molecule is NNC(Cc1ccsc1)c1ccc(F)c(F)c1F. The fourth-order valence-corrected chi connectivity index (χ4v) is 2.39. The Morgan fingerprint density at radius 2 is 1.94 bits per heavy atom. The highest BCUT2D eigenvalue weighted by atomic mass is 32.1. The van der Waals surface area contributed by atoms with E-state index in [1.807, 2.05) is 16.8 Å². The summed E-state index contributed by atoms with van der Waals surface area (Å²) < 4.78 is 39.6. The molecule has 0 amide bonds. The molecular weight excluding hydrogens is 261 g/mol. The van der Waals surface area contributed by atoms with Gasteiger partial charge in [-0.25, -0.2) is 13.2 Å². The second-order valence-corrected chi connectivity index (χ2v) is 4.60. The Hall–Kier alpha value is -1.37. The third kappa shape index (κ3) is 2.55. The zero-order valence-corrected chi connectivity index (χ0v) is 10.1. The van der Waals surface area contributed by atoms with Gasteiger partial charge < -0.3 is 0 Å². The summed E-state index contributed by atoms with van der Waals surface area (Å²) in [5, 5.41) is 3.77. The Labute approximate surface area is 106 Å². The van der Waals surface area contributed by atoms with Crippen LogP contribution in [-0.2, 0) is 6.42 Å². The van der Waals surface area contributed by atoms with Crippen molar-refractivity contribution in [3.63, 3.8) is 0 Å². The topological polar surface area (TPSA) is 38.0 Å². The lowest BCUT2D eigenvalue weighted by molar-refractivity contribution is 0.425. The van der Waals surface area contributed by atoms with Gasteiger partial charge in [0.25, 0.3) is 0 Å². The van der Waals surface area contributed by atoms with Gasteiger partial charge in [-0.3, -0.25) is 11.3 Å². The molecule has 1 heterocycles. The van der Waals surface area contributed by atoms with Crippen LogP contribution in [0, 0.1) is 17.5 Å². The minimum atomic E-state index is -1.47. The molecule has 1 atom stereocenters. The van der Waals surface area contributed by atoms with Gasteiger partial charge in [0, 0.05) is 5.56 Å². The number of hydrogen-bond acceptors (Lipinski definition) is 3. The molecular formula is C12H11F3N2S. The van der Waals surface area contributed by atoms with Crippen LogP contribution in [0.3, 0.4) is 0 Å². The predicted octanol–water partition coefficient (Wildman–Crippen LogP) is 2.91. The van der Waals surface area contributed by atoms with Crippen LogP contribution in [-0.4, -0.2) is 0 Å². The lowest BCUT2D eigenvalue weighted by Gasteiger charge is -2.16. The van der Waals surface area contributed by atoms with E-state index in [9.17, 15) is 13.2 Å². The quantitative estimate of drug-likeness (QED) is 0.510. The zero-order chi connectivity index (χ0) is 13.1. The van der Waals surface area contributed by atoms with Crippen molar-refractivity contribution in [2.45, 2.75) is 12.5 Å². The van der Waals surface area contributed by atoms with Crippen molar-refractivity contribution in [3.8, 4) is 0 Å². The molecule has 0 fully saturated rings. The second-order valence-electron chi connectivity index (χ2n) is 3.82. The Morgan fingerprint density at radius 3 is 2.56 bits per heavy atom. The van der Waals surface area contributed by atoms with Crippen LogP contribution in [0.25, 0.3) is 0 Å². The highest BCUT2D eigenvalue weighted by Gasteiger charge is 2.20. The number of nitrogens with two attached hydrogens (primary N) is 1. The molecule has 0 saturated carbocycles. The van der Waals surface area contributed by atoms with Crippen LogP contribution < -0.4 is 11.3 Å². The molecule has 0 bridgehead atoms. The smallest absolute Gasteiger partial charge is 0.194 e. The first kappa shape index (κ1) is 13.1. The summed E-state index contributed by atoms with van der Waals surface area (Å²) in [6.07, 6.45) is 0.405. The molecule has 0 saturated heterocycles. The van der Waals surface area contributed by atoms with Crippen LogP contribution in [0.4, 0.5) is 13.2 Å². The summed E-state index contributed by atoms with van der Waals surface area (Å²) in [5.74, 6) is 1.47. The first-order valence-corrected chi connectivity index (χ1v) is 6.18. The summed E-state index contributed by atoms with van der Waals surface area (Å²) in [6, 6.07) is 3.36. The van der Waals surface area contributed by atoms with Gasteiger partial charge in [0.15, 0.2) is 17.5 Å². The molecule has 0 aliphatic carbocycles. The molecule has 2 aromatic rings. The Bertz CT molecular complexity index is 528. The Kier molecular flexibility index (Phi) is 4.00. The predicted molar refractivity (Wildman–Crippen MR) is 64.4 cm³/mol. The van der Waals surface area contributed by atoms with Crippen molar-refractivity contribution in [1.82, 2.24) is 5.43 Å². The van der Waals surface area contributed by atoms with Crippen molar-refractivity contribution in [3.05, 3.63) is 57.5 Å². The van der Waals surface area contributed by atoms with Gasteiger partial charge in [-0.05, 0) is 34.9 Å². The van der Waals surface area contributed by atoms with Gasteiger partial charge in [0.1, 0.15) is 0 Å². The third-order valence-corrected chi connectivity index (χ3v) is 3.39. The average molecular weight is 272 g/mol. The molecule has 0 aliphatic rings. The van der Waals surface area contributed by atoms with E-state index in [2.05, 4.69) is 5.43 Å². The van der Waals surface area contributed by atoms with Crippen LogP contribution >= 0.6 is 11.3 Å².